The number of morpholine rings is 1. The van der Waals surface area contributed by atoms with E-state index in [2.05, 4.69) is 4.90 Å². The van der Waals surface area contributed by atoms with Gasteiger partial charge in [-0.05, 0) is 30.7 Å². The van der Waals surface area contributed by atoms with Gasteiger partial charge in [-0.3, -0.25) is 14.5 Å². The topological polar surface area (TPSA) is 79.3 Å². The third-order valence-electron chi connectivity index (χ3n) is 6.14. The average Bonchev–Trinajstić information content (AvgIpc) is 3.09. The SMILES string of the molecule is COc1ccc(C(O)=C2C(=O)C(=O)N(CCCN3CCOCC3)[C@H]2c2ccccc2F)cc1Cl. The second kappa shape index (κ2) is 10.5. The zero-order valence-corrected chi connectivity index (χ0v) is 19.6. The zero-order valence-electron chi connectivity index (χ0n) is 18.8. The molecule has 0 saturated carbocycles. The van der Waals surface area contributed by atoms with Gasteiger partial charge in [0.1, 0.15) is 17.3 Å². The van der Waals surface area contributed by atoms with Crippen LogP contribution in [-0.4, -0.2) is 73.1 Å². The van der Waals surface area contributed by atoms with Crippen molar-refractivity contribution in [3.8, 4) is 5.75 Å². The number of methoxy groups -OCH3 is 1. The summed E-state index contributed by atoms with van der Waals surface area (Å²) >= 11 is 6.20. The number of hydrogen-bond donors (Lipinski definition) is 1. The summed E-state index contributed by atoms with van der Waals surface area (Å²) in [4.78, 5) is 29.7. The predicted octanol–water partition coefficient (Wildman–Crippen LogP) is 3.63. The Morgan fingerprint density at radius 2 is 1.91 bits per heavy atom. The summed E-state index contributed by atoms with van der Waals surface area (Å²) in [5.74, 6) is -2.20. The number of halogens is 2. The van der Waals surface area contributed by atoms with E-state index in [1.165, 1.54) is 42.3 Å². The first-order valence-corrected chi connectivity index (χ1v) is 11.5. The van der Waals surface area contributed by atoms with E-state index in [4.69, 9.17) is 21.1 Å². The molecule has 0 bridgehead atoms. The molecule has 0 spiro atoms. The van der Waals surface area contributed by atoms with Crippen molar-refractivity contribution in [2.45, 2.75) is 12.5 Å². The van der Waals surface area contributed by atoms with Crippen molar-refractivity contribution in [3.63, 3.8) is 0 Å². The summed E-state index contributed by atoms with van der Waals surface area (Å²) < 4.78 is 25.4. The Hall–Kier alpha value is -2.94. The van der Waals surface area contributed by atoms with E-state index in [-0.39, 0.29) is 28.3 Å². The van der Waals surface area contributed by atoms with Crippen LogP contribution in [0.5, 0.6) is 5.75 Å². The van der Waals surface area contributed by atoms with Crippen LogP contribution in [0.3, 0.4) is 0 Å². The fourth-order valence-electron chi connectivity index (χ4n) is 4.39. The fourth-order valence-corrected chi connectivity index (χ4v) is 4.65. The van der Waals surface area contributed by atoms with Gasteiger partial charge < -0.3 is 19.5 Å². The number of aliphatic hydroxyl groups excluding tert-OH is 1. The molecule has 2 aliphatic heterocycles. The van der Waals surface area contributed by atoms with Gasteiger partial charge in [0.2, 0.25) is 0 Å². The molecule has 2 fully saturated rings. The molecule has 7 nitrogen and oxygen atoms in total. The molecule has 9 heteroatoms. The number of ether oxygens (including phenoxy) is 2. The number of aliphatic hydroxyl groups is 1. The van der Waals surface area contributed by atoms with Gasteiger partial charge in [-0.15, -0.1) is 0 Å². The van der Waals surface area contributed by atoms with Crippen molar-refractivity contribution in [2.75, 3.05) is 46.5 Å². The first-order valence-electron chi connectivity index (χ1n) is 11.1. The normalized spacial score (nSPS) is 20.7. The van der Waals surface area contributed by atoms with Crippen LogP contribution in [0.1, 0.15) is 23.6 Å². The van der Waals surface area contributed by atoms with E-state index in [9.17, 15) is 19.1 Å². The standard InChI is InChI=1S/C25H26ClFN2O5/c1-33-20-8-7-16(15-18(20)26)23(30)21-22(17-5-2-3-6-19(17)27)29(25(32)24(21)31)10-4-9-28-11-13-34-14-12-28/h2-3,5-8,15,22,30H,4,9-14H2,1H3/t22-/m0/s1. The smallest absolute Gasteiger partial charge is 0.295 e. The third-order valence-corrected chi connectivity index (χ3v) is 6.44. The number of amides is 1. The maximum Gasteiger partial charge on any atom is 0.295 e. The minimum absolute atomic E-state index is 0.147. The van der Waals surface area contributed by atoms with Crippen molar-refractivity contribution in [1.29, 1.82) is 0 Å². The number of ketones is 1. The van der Waals surface area contributed by atoms with E-state index >= 15 is 0 Å². The summed E-state index contributed by atoms with van der Waals surface area (Å²) in [5.41, 5.74) is 0.218. The maximum atomic E-state index is 14.9. The van der Waals surface area contributed by atoms with Crippen LogP contribution in [0.4, 0.5) is 4.39 Å². The lowest BCUT2D eigenvalue weighted by Gasteiger charge is -2.29. The molecule has 2 heterocycles. The fraction of sp³-hybridized carbons (Fsp3) is 0.360. The second-order valence-electron chi connectivity index (χ2n) is 8.17. The molecule has 2 aromatic carbocycles. The molecule has 34 heavy (non-hydrogen) atoms. The molecule has 180 valence electrons. The van der Waals surface area contributed by atoms with Crippen molar-refractivity contribution < 1.29 is 28.6 Å². The molecular formula is C25H26ClFN2O5. The number of rotatable bonds is 7. The zero-order chi connectivity index (χ0) is 24.2. The summed E-state index contributed by atoms with van der Waals surface area (Å²) in [6.07, 6.45) is 0.590. The molecule has 0 aliphatic carbocycles. The van der Waals surface area contributed by atoms with Crippen molar-refractivity contribution >= 4 is 29.1 Å². The molecule has 2 aliphatic rings. The van der Waals surface area contributed by atoms with Gasteiger partial charge in [-0.1, -0.05) is 29.8 Å². The van der Waals surface area contributed by atoms with Gasteiger partial charge in [-0.25, -0.2) is 4.39 Å². The highest BCUT2D eigenvalue weighted by Gasteiger charge is 2.46. The number of carbonyl (C=O) groups excluding carboxylic acids is 2. The molecule has 0 aromatic heterocycles. The molecular weight excluding hydrogens is 463 g/mol. The first kappa shape index (κ1) is 24.2. The van der Waals surface area contributed by atoms with E-state index < -0.39 is 29.3 Å². The molecule has 4 rings (SSSR count). The van der Waals surface area contributed by atoms with Crippen LogP contribution in [0, 0.1) is 5.82 Å². The Balaban J connectivity index is 1.70. The summed E-state index contributed by atoms with van der Waals surface area (Å²) in [7, 11) is 1.46. The lowest BCUT2D eigenvalue weighted by Crippen LogP contribution is -2.39. The van der Waals surface area contributed by atoms with E-state index in [0.29, 0.717) is 31.9 Å². The Bertz CT molecular complexity index is 1120. The van der Waals surface area contributed by atoms with Gasteiger partial charge in [0.25, 0.3) is 11.7 Å². The Morgan fingerprint density at radius 1 is 1.18 bits per heavy atom. The van der Waals surface area contributed by atoms with E-state index in [0.717, 1.165) is 13.1 Å². The van der Waals surface area contributed by atoms with Crippen LogP contribution >= 0.6 is 11.6 Å². The molecule has 2 saturated heterocycles. The number of benzene rings is 2. The molecule has 1 N–H and O–H groups in total. The largest absolute Gasteiger partial charge is 0.507 e. The van der Waals surface area contributed by atoms with E-state index in [1.54, 1.807) is 12.1 Å². The van der Waals surface area contributed by atoms with Crippen LogP contribution in [-0.2, 0) is 14.3 Å². The maximum absolute atomic E-state index is 14.9. The first-order chi connectivity index (χ1) is 16.4. The molecule has 1 amide bonds. The highest BCUT2D eigenvalue weighted by molar-refractivity contribution is 6.46. The Morgan fingerprint density at radius 3 is 2.59 bits per heavy atom. The van der Waals surface area contributed by atoms with Crippen molar-refractivity contribution in [2.24, 2.45) is 0 Å². The highest BCUT2D eigenvalue weighted by atomic mass is 35.5. The van der Waals surface area contributed by atoms with Gasteiger partial charge in [0.15, 0.2) is 0 Å². The summed E-state index contributed by atoms with van der Waals surface area (Å²) in [5, 5.41) is 11.3. The lowest BCUT2D eigenvalue weighted by atomic mass is 9.95. The average molecular weight is 489 g/mol. The number of carbonyl (C=O) groups is 2. The van der Waals surface area contributed by atoms with Gasteiger partial charge >= 0.3 is 0 Å². The summed E-state index contributed by atoms with van der Waals surface area (Å²) in [6, 6.07) is 9.44. The Kier molecular flexibility index (Phi) is 7.50. The van der Waals surface area contributed by atoms with Crippen LogP contribution in [0.2, 0.25) is 5.02 Å². The lowest BCUT2D eigenvalue weighted by molar-refractivity contribution is -0.140. The third kappa shape index (κ3) is 4.80. The summed E-state index contributed by atoms with van der Waals surface area (Å²) in [6.45, 7) is 3.86. The molecule has 0 unspecified atom stereocenters. The molecule has 2 aromatic rings. The molecule has 1 atom stereocenters. The highest BCUT2D eigenvalue weighted by Crippen LogP contribution is 2.41. The van der Waals surface area contributed by atoms with Crippen molar-refractivity contribution in [3.05, 3.63) is 70.0 Å². The predicted molar refractivity (Wildman–Crippen MR) is 125 cm³/mol. The van der Waals surface area contributed by atoms with Crippen LogP contribution in [0.15, 0.2) is 48.0 Å². The van der Waals surface area contributed by atoms with Crippen LogP contribution in [0.25, 0.3) is 5.76 Å². The monoisotopic (exact) mass is 488 g/mol. The molecule has 0 radical (unpaired) electrons. The van der Waals surface area contributed by atoms with Crippen LogP contribution < -0.4 is 4.74 Å². The van der Waals surface area contributed by atoms with E-state index in [1.807, 2.05) is 0 Å². The van der Waals surface area contributed by atoms with Gasteiger partial charge in [-0.2, -0.15) is 0 Å². The van der Waals surface area contributed by atoms with Crippen molar-refractivity contribution in [1.82, 2.24) is 9.80 Å². The number of Topliss-reactive ketones (excluding diaryl/α,β-unsaturated/α-hetero) is 1. The minimum atomic E-state index is -1.05. The minimum Gasteiger partial charge on any atom is -0.507 e. The van der Waals surface area contributed by atoms with Gasteiger partial charge in [0.05, 0.1) is 37.0 Å². The second-order valence-corrected chi connectivity index (χ2v) is 8.58. The quantitative estimate of drug-likeness (QED) is 0.364. The number of nitrogens with zero attached hydrogens (tertiary/aromatic N) is 2. The number of likely N-dealkylation sites (tertiary alicyclic amines) is 1. The number of hydrogen-bond acceptors (Lipinski definition) is 6. The Labute approximate surface area is 202 Å². The van der Waals surface area contributed by atoms with Gasteiger partial charge in [0, 0.05) is 37.3 Å².